The van der Waals surface area contributed by atoms with Gasteiger partial charge >= 0.3 is 6.09 Å². The number of halogens is 1. The van der Waals surface area contributed by atoms with Gasteiger partial charge in [0.05, 0.1) is 14.2 Å². The highest BCUT2D eigenvalue weighted by Gasteiger charge is 2.13. The van der Waals surface area contributed by atoms with E-state index < -0.39 is 6.09 Å². The Morgan fingerprint density at radius 1 is 1.30 bits per heavy atom. The monoisotopic (exact) mass is 345 g/mol. The van der Waals surface area contributed by atoms with Crippen LogP contribution >= 0.6 is 15.9 Å². The topological polar surface area (TPSA) is 69.1 Å². The predicted octanol–water partition coefficient (Wildman–Crippen LogP) is 0.225. The molecule has 0 spiro atoms. The Kier molecular flexibility index (Phi) is 7.03. The molecule has 1 atom stereocenters. The van der Waals surface area contributed by atoms with E-state index in [-0.39, 0.29) is 12.5 Å². The molecule has 0 aliphatic heterocycles. The Labute approximate surface area is 126 Å². The van der Waals surface area contributed by atoms with Crippen LogP contribution in [0.1, 0.15) is 0 Å². The first kappa shape index (κ1) is 16.5. The van der Waals surface area contributed by atoms with Crippen molar-refractivity contribution < 1.29 is 24.0 Å². The lowest BCUT2D eigenvalue weighted by molar-refractivity contribution is -0.871. The van der Waals surface area contributed by atoms with Gasteiger partial charge in [0.25, 0.3) is 5.91 Å². The van der Waals surface area contributed by atoms with Crippen molar-refractivity contribution in [3.05, 3.63) is 28.7 Å². The maximum atomic E-state index is 11.4. The third-order valence-corrected chi connectivity index (χ3v) is 3.03. The number of likely N-dealkylation sites (N-methyl/N-ethyl adjacent to an activating group) is 1. The van der Waals surface area contributed by atoms with Gasteiger partial charge in [0.15, 0.2) is 6.54 Å². The van der Waals surface area contributed by atoms with E-state index in [1.165, 1.54) is 7.11 Å². The number of nitrogens with one attached hydrogen (secondary N) is 2. The van der Waals surface area contributed by atoms with Crippen molar-refractivity contribution in [3.8, 4) is 5.75 Å². The van der Waals surface area contributed by atoms with Crippen LogP contribution in [0.4, 0.5) is 4.79 Å². The molecule has 1 rings (SSSR count). The fourth-order valence-corrected chi connectivity index (χ4v) is 1.71. The number of amides is 2. The summed E-state index contributed by atoms with van der Waals surface area (Å²) in [6, 6.07) is 7.53. The minimum absolute atomic E-state index is 0.179. The van der Waals surface area contributed by atoms with Gasteiger partial charge in [-0.05, 0) is 24.3 Å². The molecule has 2 amide bonds. The molecule has 0 radical (unpaired) electrons. The maximum absolute atomic E-state index is 11.4. The van der Waals surface area contributed by atoms with Crippen molar-refractivity contribution in [1.29, 1.82) is 0 Å². The van der Waals surface area contributed by atoms with Crippen molar-refractivity contribution in [3.63, 3.8) is 0 Å². The first-order valence-corrected chi connectivity index (χ1v) is 6.88. The number of imide groups is 1. The molecule has 0 aliphatic rings. The Morgan fingerprint density at radius 3 is 2.55 bits per heavy atom. The standard InChI is InChI=1S/C13H17BrN2O4/c1-16(9-12(17)15-13(18)19-2)7-8-20-11-5-3-10(14)4-6-11/h3-6H,7-9H2,1-2H3,(H,15,17,18)/p+1. The molecule has 1 unspecified atom stereocenters. The molecule has 0 heterocycles. The molecule has 110 valence electrons. The number of quaternary nitrogens is 1. The van der Waals surface area contributed by atoms with E-state index in [0.29, 0.717) is 13.2 Å². The van der Waals surface area contributed by atoms with E-state index in [2.05, 4.69) is 26.0 Å². The van der Waals surface area contributed by atoms with E-state index in [4.69, 9.17) is 4.74 Å². The van der Waals surface area contributed by atoms with Crippen LogP contribution in [-0.2, 0) is 9.53 Å². The molecule has 0 aliphatic carbocycles. The smallest absolute Gasteiger partial charge is 0.413 e. The summed E-state index contributed by atoms with van der Waals surface area (Å²) in [6.45, 7) is 1.31. The molecule has 0 saturated heterocycles. The van der Waals surface area contributed by atoms with Crippen LogP contribution in [-0.4, -0.2) is 45.9 Å². The Morgan fingerprint density at radius 2 is 1.95 bits per heavy atom. The van der Waals surface area contributed by atoms with Crippen molar-refractivity contribution >= 4 is 27.9 Å². The molecule has 20 heavy (non-hydrogen) atoms. The first-order chi connectivity index (χ1) is 9.51. The number of hydrogen-bond acceptors (Lipinski definition) is 4. The summed E-state index contributed by atoms with van der Waals surface area (Å²) >= 11 is 3.35. The van der Waals surface area contributed by atoms with Gasteiger partial charge in [0.1, 0.15) is 18.9 Å². The van der Waals surface area contributed by atoms with Gasteiger partial charge in [-0.15, -0.1) is 0 Å². The minimum atomic E-state index is -0.742. The van der Waals surface area contributed by atoms with E-state index >= 15 is 0 Å². The molecule has 0 fully saturated rings. The van der Waals surface area contributed by atoms with E-state index in [1.54, 1.807) is 0 Å². The molecule has 0 saturated carbocycles. The van der Waals surface area contributed by atoms with Crippen LogP contribution in [0.25, 0.3) is 0 Å². The molecule has 1 aromatic carbocycles. The summed E-state index contributed by atoms with van der Waals surface area (Å²) in [5.74, 6) is 0.401. The van der Waals surface area contributed by atoms with Gasteiger partial charge < -0.3 is 14.4 Å². The fourth-order valence-electron chi connectivity index (χ4n) is 1.45. The zero-order valence-corrected chi connectivity index (χ0v) is 13.0. The average molecular weight is 346 g/mol. The highest BCUT2D eigenvalue weighted by atomic mass is 79.9. The molecule has 7 heteroatoms. The van der Waals surface area contributed by atoms with Crippen LogP contribution in [0.2, 0.25) is 0 Å². The van der Waals surface area contributed by atoms with Gasteiger partial charge in [-0.3, -0.25) is 10.1 Å². The number of hydrogen-bond donors (Lipinski definition) is 2. The number of benzene rings is 1. The van der Waals surface area contributed by atoms with Crippen molar-refractivity contribution in [2.75, 3.05) is 33.9 Å². The molecule has 0 bridgehead atoms. The largest absolute Gasteiger partial charge is 0.488 e. The minimum Gasteiger partial charge on any atom is -0.488 e. The Bertz CT molecular complexity index is 450. The van der Waals surface area contributed by atoms with Crippen molar-refractivity contribution in [1.82, 2.24) is 5.32 Å². The second-order valence-corrected chi connectivity index (χ2v) is 5.14. The Balaban J connectivity index is 2.22. The highest BCUT2D eigenvalue weighted by molar-refractivity contribution is 9.10. The van der Waals surface area contributed by atoms with Crippen molar-refractivity contribution in [2.24, 2.45) is 0 Å². The van der Waals surface area contributed by atoms with Gasteiger partial charge in [-0.25, -0.2) is 4.79 Å². The zero-order valence-electron chi connectivity index (χ0n) is 11.4. The van der Waals surface area contributed by atoms with Crippen LogP contribution in [0.5, 0.6) is 5.75 Å². The molecular weight excluding hydrogens is 328 g/mol. The van der Waals surface area contributed by atoms with Crippen LogP contribution < -0.4 is 15.0 Å². The molecule has 0 aromatic heterocycles. The van der Waals surface area contributed by atoms with Gasteiger partial charge in [0.2, 0.25) is 0 Å². The normalized spacial score (nSPS) is 11.6. The molecule has 6 nitrogen and oxygen atoms in total. The zero-order chi connectivity index (χ0) is 15.0. The SMILES string of the molecule is COC(=O)NC(=O)C[NH+](C)CCOc1ccc(Br)cc1. The second kappa shape index (κ2) is 8.55. The summed E-state index contributed by atoms with van der Waals surface area (Å²) in [5, 5.41) is 2.11. The van der Waals surface area contributed by atoms with Gasteiger partial charge in [-0.2, -0.15) is 0 Å². The number of carbonyl (C=O) groups excluding carboxylic acids is 2. The predicted molar refractivity (Wildman–Crippen MR) is 76.8 cm³/mol. The first-order valence-electron chi connectivity index (χ1n) is 6.08. The summed E-state index contributed by atoms with van der Waals surface area (Å²) in [5.41, 5.74) is 0. The molecular formula is C13H18BrN2O4+. The second-order valence-electron chi connectivity index (χ2n) is 4.23. The third-order valence-electron chi connectivity index (χ3n) is 2.50. The average Bonchev–Trinajstić information content (AvgIpc) is 2.40. The van der Waals surface area contributed by atoms with Gasteiger partial charge in [0, 0.05) is 4.47 Å². The molecule has 1 aromatic rings. The van der Waals surface area contributed by atoms with Crippen molar-refractivity contribution in [2.45, 2.75) is 0 Å². The number of methoxy groups -OCH3 is 1. The van der Waals surface area contributed by atoms with Crippen LogP contribution in [0, 0.1) is 0 Å². The lowest BCUT2D eigenvalue weighted by Gasteiger charge is -2.13. The highest BCUT2D eigenvalue weighted by Crippen LogP contribution is 2.15. The summed E-state index contributed by atoms with van der Waals surface area (Å²) < 4.78 is 10.9. The number of alkyl carbamates (subject to hydrolysis) is 1. The maximum Gasteiger partial charge on any atom is 0.413 e. The summed E-state index contributed by atoms with van der Waals surface area (Å²) in [7, 11) is 3.06. The van der Waals surface area contributed by atoms with E-state index in [1.807, 2.05) is 31.3 Å². The van der Waals surface area contributed by atoms with Gasteiger partial charge in [-0.1, -0.05) is 15.9 Å². The molecule has 2 N–H and O–H groups in total. The Hall–Kier alpha value is -1.60. The summed E-state index contributed by atoms with van der Waals surface area (Å²) in [6.07, 6.45) is -0.742. The lowest BCUT2D eigenvalue weighted by Crippen LogP contribution is -3.10. The fraction of sp³-hybridized carbons (Fsp3) is 0.385. The number of rotatable bonds is 6. The lowest BCUT2D eigenvalue weighted by atomic mass is 10.3. The number of carbonyl (C=O) groups is 2. The van der Waals surface area contributed by atoms with E-state index in [9.17, 15) is 9.59 Å². The quantitative estimate of drug-likeness (QED) is 0.774. The summed E-state index contributed by atoms with van der Waals surface area (Å²) in [4.78, 5) is 23.2. The third kappa shape index (κ3) is 6.53. The number of ether oxygens (including phenoxy) is 2. The van der Waals surface area contributed by atoms with Crippen LogP contribution in [0.15, 0.2) is 28.7 Å². The van der Waals surface area contributed by atoms with Crippen LogP contribution in [0.3, 0.4) is 0 Å². The van der Waals surface area contributed by atoms with E-state index in [0.717, 1.165) is 15.1 Å².